The summed E-state index contributed by atoms with van der Waals surface area (Å²) < 4.78 is 1.68. The van der Waals surface area contributed by atoms with E-state index in [1.165, 1.54) is 6.08 Å². The molecule has 2 aromatic rings. The summed E-state index contributed by atoms with van der Waals surface area (Å²) in [6.45, 7) is 0. The molecule has 3 rings (SSSR count). The van der Waals surface area contributed by atoms with Crippen molar-refractivity contribution in [3.63, 3.8) is 0 Å². The summed E-state index contributed by atoms with van der Waals surface area (Å²) in [5.41, 5.74) is 2.94. The van der Waals surface area contributed by atoms with Crippen LogP contribution in [-0.4, -0.2) is 26.9 Å². The minimum absolute atomic E-state index is 0.223. The van der Waals surface area contributed by atoms with E-state index in [0.29, 0.717) is 6.42 Å². The molecule has 0 radical (unpaired) electrons. The second kappa shape index (κ2) is 5.54. The van der Waals surface area contributed by atoms with Gasteiger partial charge in [-0.1, -0.05) is 24.3 Å². The van der Waals surface area contributed by atoms with E-state index in [1.807, 2.05) is 37.5 Å². The normalized spacial score (nSPS) is 20.7. The van der Waals surface area contributed by atoms with Crippen molar-refractivity contribution in [2.45, 2.75) is 18.6 Å². The Hall–Kier alpha value is -2.40. The monoisotopic (exact) mass is 283 g/mol. The zero-order valence-electron chi connectivity index (χ0n) is 11.7. The lowest BCUT2D eigenvalue weighted by Gasteiger charge is -2.16. The molecule has 1 aromatic carbocycles. The van der Waals surface area contributed by atoms with Crippen LogP contribution in [0.1, 0.15) is 22.7 Å². The van der Waals surface area contributed by atoms with Gasteiger partial charge in [0, 0.05) is 31.3 Å². The van der Waals surface area contributed by atoms with E-state index in [4.69, 9.17) is 0 Å². The van der Waals surface area contributed by atoms with Gasteiger partial charge in [0.15, 0.2) is 0 Å². The highest BCUT2D eigenvalue weighted by molar-refractivity contribution is 5.92. The van der Waals surface area contributed by atoms with Crippen molar-refractivity contribution in [3.05, 3.63) is 59.4 Å². The molecule has 1 aromatic heterocycles. The predicted octanol–water partition coefficient (Wildman–Crippen LogP) is 1.21. The quantitative estimate of drug-likeness (QED) is 0.832. The van der Waals surface area contributed by atoms with Crippen LogP contribution in [0.3, 0.4) is 0 Å². The second-order valence-electron chi connectivity index (χ2n) is 5.24. The molecule has 5 nitrogen and oxygen atoms in total. The fraction of sp³-hybridized carbons (Fsp3) is 0.250. The molecule has 0 fully saturated rings. The first-order valence-electron chi connectivity index (χ1n) is 6.86. The lowest BCUT2D eigenvalue weighted by atomic mass is 10.1. The first-order chi connectivity index (χ1) is 10.1. The summed E-state index contributed by atoms with van der Waals surface area (Å²) >= 11 is 0. The van der Waals surface area contributed by atoms with Crippen molar-refractivity contribution in [1.29, 1.82) is 0 Å². The Balaban J connectivity index is 1.69. The molecule has 1 aliphatic rings. The van der Waals surface area contributed by atoms with Gasteiger partial charge < -0.3 is 10.4 Å². The van der Waals surface area contributed by atoms with Gasteiger partial charge in [-0.2, -0.15) is 5.10 Å². The number of fused-ring (bicyclic) bond motifs is 1. The van der Waals surface area contributed by atoms with E-state index in [1.54, 1.807) is 17.0 Å². The van der Waals surface area contributed by atoms with Crippen molar-refractivity contribution in [2.75, 3.05) is 0 Å². The van der Waals surface area contributed by atoms with E-state index < -0.39 is 6.10 Å². The highest BCUT2D eigenvalue weighted by Crippen LogP contribution is 2.31. The summed E-state index contributed by atoms with van der Waals surface area (Å²) in [5, 5.41) is 17.0. The molecule has 2 unspecified atom stereocenters. The predicted molar refractivity (Wildman–Crippen MR) is 79.3 cm³/mol. The number of rotatable bonds is 3. The average molecular weight is 283 g/mol. The van der Waals surface area contributed by atoms with Gasteiger partial charge in [0.2, 0.25) is 5.91 Å². The first kappa shape index (κ1) is 13.6. The second-order valence-corrected chi connectivity index (χ2v) is 5.24. The lowest BCUT2D eigenvalue weighted by molar-refractivity contribution is -0.117. The van der Waals surface area contributed by atoms with Crippen LogP contribution in [0.4, 0.5) is 0 Å². The van der Waals surface area contributed by atoms with Gasteiger partial charge in [-0.05, 0) is 17.2 Å². The Morgan fingerprint density at radius 1 is 1.48 bits per heavy atom. The van der Waals surface area contributed by atoms with Crippen LogP contribution in [0.2, 0.25) is 0 Å². The van der Waals surface area contributed by atoms with Gasteiger partial charge in [-0.15, -0.1) is 0 Å². The number of nitrogens with one attached hydrogen (secondary N) is 1. The van der Waals surface area contributed by atoms with E-state index in [-0.39, 0.29) is 11.9 Å². The third-order valence-electron chi connectivity index (χ3n) is 3.65. The molecule has 0 aliphatic heterocycles. The molecule has 1 heterocycles. The third kappa shape index (κ3) is 2.87. The third-order valence-corrected chi connectivity index (χ3v) is 3.65. The van der Waals surface area contributed by atoms with Crippen molar-refractivity contribution < 1.29 is 9.90 Å². The van der Waals surface area contributed by atoms with Gasteiger partial charge in [0.25, 0.3) is 0 Å². The largest absolute Gasteiger partial charge is 0.390 e. The van der Waals surface area contributed by atoms with Crippen LogP contribution >= 0.6 is 0 Å². The maximum Gasteiger partial charge on any atom is 0.244 e. The summed E-state index contributed by atoms with van der Waals surface area (Å²) in [6.07, 6.45) is 6.68. The molecule has 0 spiro atoms. The number of nitrogens with zero attached hydrogens (tertiary/aromatic N) is 2. The van der Waals surface area contributed by atoms with Gasteiger partial charge in [0.05, 0.1) is 18.3 Å². The lowest BCUT2D eigenvalue weighted by Crippen LogP contribution is -2.32. The van der Waals surface area contributed by atoms with Crippen molar-refractivity contribution in [1.82, 2.24) is 15.1 Å². The number of carbonyl (C=O) groups excluding carboxylic acids is 1. The zero-order valence-corrected chi connectivity index (χ0v) is 11.7. The van der Waals surface area contributed by atoms with E-state index >= 15 is 0 Å². The number of aryl methyl sites for hydroxylation is 1. The minimum atomic E-state index is -0.571. The smallest absolute Gasteiger partial charge is 0.244 e. The Labute approximate surface area is 122 Å². The number of aliphatic hydroxyl groups excluding tert-OH is 1. The topological polar surface area (TPSA) is 67.2 Å². The Morgan fingerprint density at radius 2 is 2.29 bits per heavy atom. The number of hydrogen-bond acceptors (Lipinski definition) is 3. The standard InChI is InChI=1S/C16H17N3O2/c1-19-10-11(9-17-19)6-7-15(21)18-16-13-5-3-2-4-12(13)8-14(16)20/h2-7,9-10,14,16,20H,8H2,1H3,(H,18,21). The van der Waals surface area contributed by atoms with Crippen LogP contribution in [0.15, 0.2) is 42.7 Å². The zero-order chi connectivity index (χ0) is 14.8. The molecule has 5 heteroatoms. The molecule has 0 saturated carbocycles. The van der Waals surface area contributed by atoms with Gasteiger partial charge in [-0.3, -0.25) is 9.48 Å². The van der Waals surface area contributed by atoms with E-state index in [2.05, 4.69) is 10.4 Å². The number of benzene rings is 1. The number of amides is 1. The average Bonchev–Trinajstić information content (AvgIpc) is 3.01. The summed E-state index contributed by atoms with van der Waals surface area (Å²) in [7, 11) is 1.82. The maximum absolute atomic E-state index is 12.0. The Morgan fingerprint density at radius 3 is 3.05 bits per heavy atom. The number of aromatic nitrogens is 2. The number of hydrogen-bond donors (Lipinski definition) is 2. The van der Waals surface area contributed by atoms with Gasteiger partial charge in [-0.25, -0.2) is 0 Å². The van der Waals surface area contributed by atoms with Crippen LogP contribution in [0.25, 0.3) is 6.08 Å². The SMILES string of the molecule is Cn1cc(C=CC(=O)NC2c3ccccc3CC2O)cn1. The van der Waals surface area contributed by atoms with E-state index in [9.17, 15) is 9.90 Å². The van der Waals surface area contributed by atoms with Crippen LogP contribution in [0.5, 0.6) is 0 Å². The summed E-state index contributed by atoms with van der Waals surface area (Å²) in [5.74, 6) is -0.223. The summed E-state index contributed by atoms with van der Waals surface area (Å²) in [6, 6.07) is 7.45. The molecule has 108 valence electrons. The highest BCUT2D eigenvalue weighted by Gasteiger charge is 2.31. The van der Waals surface area contributed by atoms with Crippen LogP contribution in [-0.2, 0) is 18.3 Å². The molecule has 0 saturated heterocycles. The molecule has 0 bridgehead atoms. The highest BCUT2D eigenvalue weighted by atomic mass is 16.3. The van der Waals surface area contributed by atoms with Crippen molar-refractivity contribution in [3.8, 4) is 0 Å². The minimum Gasteiger partial charge on any atom is -0.390 e. The van der Waals surface area contributed by atoms with E-state index in [0.717, 1.165) is 16.7 Å². The van der Waals surface area contributed by atoms with Gasteiger partial charge >= 0.3 is 0 Å². The first-order valence-corrected chi connectivity index (χ1v) is 6.86. The number of aliphatic hydroxyl groups is 1. The molecule has 21 heavy (non-hydrogen) atoms. The van der Waals surface area contributed by atoms with Crippen LogP contribution in [0, 0.1) is 0 Å². The number of carbonyl (C=O) groups is 1. The molecule has 2 N–H and O–H groups in total. The Kier molecular flexibility index (Phi) is 3.58. The molecule has 2 atom stereocenters. The van der Waals surface area contributed by atoms with Crippen molar-refractivity contribution >= 4 is 12.0 Å². The molecule has 1 aliphatic carbocycles. The maximum atomic E-state index is 12.0. The van der Waals surface area contributed by atoms with Crippen LogP contribution < -0.4 is 5.32 Å². The fourth-order valence-electron chi connectivity index (χ4n) is 2.65. The fourth-order valence-corrected chi connectivity index (χ4v) is 2.65. The molecular formula is C16H17N3O2. The van der Waals surface area contributed by atoms with Crippen molar-refractivity contribution in [2.24, 2.45) is 7.05 Å². The molecular weight excluding hydrogens is 266 g/mol. The molecule has 1 amide bonds. The Bertz CT molecular complexity index is 690. The van der Waals surface area contributed by atoms with Gasteiger partial charge in [0.1, 0.15) is 0 Å². The summed E-state index contributed by atoms with van der Waals surface area (Å²) in [4.78, 5) is 12.0.